The summed E-state index contributed by atoms with van der Waals surface area (Å²) < 4.78 is 50.2. The molecule has 0 aromatic heterocycles. The third-order valence-electron chi connectivity index (χ3n) is 4.27. The maximum atomic E-state index is 13.2. The molecule has 1 aromatic carbocycles. The van der Waals surface area contributed by atoms with Crippen LogP contribution < -0.4 is 0 Å². The fourth-order valence-electron chi connectivity index (χ4n) is 3.06. The number of rotatable bonds is 2. The van der Waals surface area contributed by atoms with E-state index in [0.717, 1.165) is 6.07 Å². The highest BCUT2D eigenvalue weighted by molar-refractivity contribution is 5.79. The van der Waals surface area contributed by atoms with Gasteiger partial charge in [-0.25, -0.2) is 0 Å². The molecule has 2 aliphatic heterocycles. The molecule has 126 valence electrons. The minimum absolute atomic E-state index is 0.0553. The van der Waals surface area contributed by atoms with Crippen LogP contribution in [0.2, 0.25) is 0 Å². The molecule has 3 rings (SSSR count). The van der Waals surface area contributed by atoms with Crippen LogP contribution in [0.25, 0.3) is 0 Å². The normalized spacial score (nSPS) is 25.6. The van der Waals surface area contributed by atoms with Crippen molar-refractivity contribution in [3.05, 3.63) is 35.4 Å². The lowest BCUT2D eigenvalue weighted by molar-refractivity contribution is -0.146. The molecule has 0 spiro atoms. The van der Waals surface area contributed by atoms with Crippen LogP contribution in [0, 0.1) is 5.92 Å². The number of halogens is 3. The average molecular weight is 329 g/mol. The molecule has 2 saturated heterocycles. The van der Waals surface area contributed by atoms with Gasteiger partial charge in [0.1, 0.15) is 6.10 Å². The summed E-state index contributed by atoms with van der Waals surface area (Å²) in [5.74, 6) is -0.244. The maximum absolute atomic E-state index is 13.2. The fraction of sp³-hybridized carbons (Fsp3) is 0.562. The number of alkyl halides is 3. The van der Waals surface area contributed by atoms with E-state index >= 15 is 0 Å². The highest BCUT2D eigenvalue weighted by Gasteiger charge is 2.38. The smallest absolute Gasteiger partial charge is 0.381 e. The van der Waals surface area contributed by atoms with Crippen LogP contribution in [0.4, 0.5) is 13.2 Å². The number of hydrogen-bond acceptors (Lipinski definition) is 3. The van der Waals surface area contributed by atoms with Gasteiger partial charge in [-0.2, -0.15) is 13.2 Å². The standard InChI is InChI=1S/C16H18F3NO3/c17-16(18,19)13-4-2-1-3-12(13)14-9-20(6-8-23-14)15(21)11-5-7-22-10-11/h1-4,11,14H,5-10H2/t11-,14+/m1/s1. The largest absolute Gasteiger partial charge is 0.416 e. The predicted octanol–water partition coefficient (Wildman–Crippen LogP) is 2.64. The molecule has 2 atom stereocenters. The van der Waals surface area contributed by atoms with Gasteiger partial charge >= 0.3 is 6.18 Å². The molecule has 0 bridgehead atoms. The molecule has 1 aromatic rings. The number of carbonyl (C=O) groups is 1. The highest BCUT2D eigenvalue weighted by atomic mass is 19.4. The molecule has 0 unspecified atom stereocenters. The molecule has 0 N–H and O–H groups in total. The summed E-state index contributed by atoms with van der Waals surface area (Å²) in [5, 5.41) is 0. The van der Waals surface area contributed by atoms with Crippen molar-refractivity contribution in [3.8, 4) is 0 Å². The first-order valence-electron chi connectivity index (χ1n) is 7.61. The lowest BCUT2D eigenvalue weighted by Crippen LogP contribution is -2.45. The summed E-state index contributed by atoms with van der Waals surface area (Å²) >= 11 is 0. The second-order valence-electron chi connectivity index (χ2n) is 5.79. The van der Waals surface area contributed by atoms with Crippen molar-refractivity contribution >= 4 is 5.91 Å². The zero-order valence-electron chi connectivity index (χ0n) is 12.5. The van der Waals surface area contributed by atoms with Crippen molar-refractivity contribution in [1.29, 1.82) is 0 Å². The number of morpholine rings is 1. The molecule has 2 heterocycles. The predicted molar refractivity (Wildman–Crippen MR) is 75.6 cm³/mol. The van der Waals surface area contributed by atoms with Crippen LogP contribution in [0.3, 0.4) is 0 Å². The summed E-state index contributed by atoms with van der Waals surface area (Å²) in [6.45, 7) is 1.72. The molecule has 0 radical (unpaired) electrons. The summed E-state index contributed by atoms with van der Waals surface area (Å²) in [4.78, 5) is 14.0. The minimum atomic E-state index is -4.44. The Morgan fingerprint density at radius 2 is 2.00 bits per heavy atom. The Morgan fingerprint density at radius 3 is 2.70 bits per heavy atom. The first-order valence-corrected chi connectivity index (χ1v) is 7.61. The van der Waals surface area contributed by atoms with E-state index in [4.69, 9.17) is 9.47 Å². The first-order chi connectivity index (χ1) is 11.0. The molecule has 2 aliphatic rings. The van der Waals surface area contributed by atoms with Crippen LogP contribution in [0.1, 0.15) is 23.7 Å². The minimum Gasteiger partial charge on any atom is -0.381 e. The van der Waals surface area contributed by atoms with Crippen molar-refractivity contribution in [2.45, 2.75) is 18.7 Å². The molecular weight excluding hydrogens is 311 g/mol. The van der Waals surface area contributed by atoms with Gasteiger partial charge in [-0.3, -0.25) is 4.79 Å². The van der Waals surface area contributed by atoms with Gasteiger partial charge < -0.3 is 14.4 Å². The molecule has 4 nitrogen and oxygen atoms in total. The first kappa shape index (κ1) is 16.3. The quantitative estimate of drug-likeness (QED) is 0.837. The van der Waals surface area contributed by atoms with Crippen molar-refractivity contribution in [1.82, 2.24) is 4.90 Å². The Bertz CT molecular complexity index is 570. The summed E-state index contributed by atoms with van der Waals surface area (Å²) in [7, 11) is 0. The van der Waals surface area contributed by atoms with Crippen LogP contribution in [0.15, 0.2) is 24.3 Å². The number of carbonyl (C=O) groups excluding carboxylic acids is 1. The Morgan fingerprint density at radius 1 is 1.22 bits per heavy atom. The van der Waals surface area contributed by atoms with E-state index in [1.165, 1.54) is 12.1 Å². The lowest BCUT2D eigenvalue weighted by atomic mass is 9.99. The molecule has 2 fully saturated rings. The van der Waals surface area contributed by atoms with Gasteiger partial charge in [0.15, 0.2) is 0 Å². The second kappa shape index (κ2) is 6.49. The average Bonchev–Trinajstić information content (AvgIpc) is 3.08. The maximum Gasteiger partial charge on any atom is 0.416 e. The summed E-state index contributed by atoms with van der Waals surface area (Å²) in [6.07, 6.45) is -4.53. The zero-order chi connectivity index (χ0) is 16.4. The molecule has 7 heteroatoms. The molecule has 0 aliphatic carbocycles. The van der Waals surface area contributed by atoms with Gasteiger partial charge in [-0.1, -0.05) is 18.2 Å². The highest BCUT2D eigenvalue weighted by Crippen LogP contribution is 2.36. The molecule has 1 amide bonds. The Labute approximate surface area is 132 Å². The van der Waals surface area contributed by atoms with E-state index in [1.807, 2.05) is 0 Å². The van der Waals surface area contributed by atoms with Crippen LogP contribution >= 0.6 is 0 Å². The van der Waals surface area contributed by atoms with Gasteiger partial charge in [0.2, 0.25) is 5.91 Å². The van der Waals surface area contributed by atoms with Crippen molar-refractivity contribution < 1.29 is 27.4 Å². The topological polar surface area (TPSA) is 38.8 Å². The van der Waals surface area contributed by atoms with Crippen LogP contribution in [-0.2, 0) is 20.4 Å². The summed E-state index contributed by atoms with van der Waals surface area (Å²) in [6, 6.07) is 5.37. The number of benzene rings is 1. The van der Waals surface area contributed by atoms with Crippen molar-refractivity contribution in [3.63, 3.8) is 0 Å². The van der Waals surface area contributed by atoms with Gasteiger partial charge in [0, 0.05) is 13.2 Å². The summed E-state index contributed by atoms with van der Waals surface area (Å²) in [5.41, 5.74) is -0.622. The second-order valence-corrected chi connectivity index (χ2v) is 5.79. The Hall–Kier alpha value is -1.60. The lowest BCUT2D eigenvalue weighted by Gasteiger charge is -2.35. The van der Waals surface area contributed by atoms with E-state index in [0.29, 0.717) is 26.2 Å². The molecule has 23 heavy (non-hydrogen) atoms. The number of hydrogen-bond donors (Lipinski definition) is 0. The van der Waals surface area contributed by atoms with E-state index in [9.17, 15) is 18.0 Å². The Balaban J connectivity index is 1.78. The third-order valence-corrected chi connectivity index (χ3v) is 4.27. The zero-order valence-corrected chi connectivity index (χ0v) is 12.5. The van der Waals surface area contributed by atoms with Gasteiger partial charge in [0.05, 0.1) is 31.2 Å². The van der Waals surface area contributed by atoms with E-state index in [-0.39, 0.29) is 30.5 Å². The van der Waals surface area contributed by atoms with Gasteiger partial charge in [0.25, 0.3) is 0 Å². The van der Waals surface area contributed by atoms with Gasteiger partial charge in [-0.15, -0.1) is 0 Å². The fourth-order valence-corrected chi connectivity index (χ4v) is 3.06. The van der Waals surface area contributed by atoms with E-state index in [2.05, 4.69) is 0 Å². The van der Waals surface area contributed by atoms with Crippen LogP contribution in [-0.4, -0.2) is 43.7 Å². The van der Waals surface area contributed by atoms with Crippen LogP contribution in [0.5, 0.6) is 0 Å². The number of amides is 1. The third kappa shape index (κ3) is 3.50. The van der Waals surface area contributed by atoms with E-state index in [1.54, 1.807) is 11.0 Å². The number of ether oxygens (including phenoxy) is 2. The van der Waals surface area contributed by atoms with E-state index < -0.39 is 17.8 Å². The van der Waals surface area contributed by atoms with Crippen molar-refractivity contribution in [2.75, 3.05) is 32.9 Å². The van der Waals surface area contributed by atoms with Crippen molar-refractivity contribution in [2.24, 2.45) is 5.92 Å². The Kier molecular flexibility index (Phi) is 4.59. The molecular formula is C16H18F3NO3. The molecule has 0 saturated carbocycles. The SMILES string of the molecule is O=C([C@@H]1CCOC1)N1CCO[C@H](c2ccccc2C(F)(F)F)C1. The number of nitrogens with zero attached hydrogens (tertiary/aromatic N) is 1. The monoisotopic (exact) mass is 329 g/mol. The van der Waals surface area contributed by atoms with Gasteiger partial charge in [-0.05, 0) is 18.1 Å².